The van der Waals surface area contributed by atoms with Gasteiger partial charge >= 0.3 is 6.18 Å². The van der Waals surface area contributed by atoms with Gasteiger partial charge in [-0.2, -0.15) is 13.2 Å². The Bertz CT molecular complexity index is 230. The van der Waals surface area contributed by atoms with Gasteiger partial charge in [0.15, 0.2) is 0 Å². The summed E-state index contributed by atoms with van der Waals surface area (Å²) in [4.78, 5) is 0. The van der Waals surface area contributed by atoms with E-state index in [1.54, 1.807) is 0 Å². The number of hydrogen-bond donors (Lipinski definition) is 1. The quantitative estimate of drug-likeness (QED) is 0.814. The van der Waals surface area contributed by atoms with Crippen LogP contribution in [0.1, 0.15) is 38.5 Å². The highest BCUT2D eigenvalue weighted by molar-refractivity contribution is 4.83. The second kappa shape index (κ2) is 5.57. The molecule has 0 aromatic rings. The lowest BCUT2D eigenvalue weighted by Gasteiger charge is -2.34. The standard InChI is InChI=1S/C12H20F3NO/c13-12(14,15)9-3-5-10(6-4-9)16-11-2-1-7-17-8-11/h9-11,16H,1-8H2. The van der Waals surface area contributed by atoms with Crippen molar-refractivity contribution in [3.05, 3.63) is 0 Å². The number of nitrogens with one attached hydrogen (secondary N) is 1. The van der Waals surface area contributed by atoms with Crippen LogP contribution in [0.15, 0.2) is 0 Å². The van der Waals surface area contributed by atoms with Crippen molar-refractivity contribution in [3.8, 4) is 0 Å². The van der Waals surface area contributed by atoms with Gasteiger partial charge in [0.2, 0.25) is 0 Å². The van der Waals surface area contributed by atoms with E-state index in [1.807, 2.05) is 0 Å². The van der Waals surface area contributed by atoms with Gasteiger partial charge in [-0.1, -0.05) is 0 Å². The summed E-state index contributed by atoms with van der Waals surface area (Å²) >= 11 is 0. The Hall–Kier alpha value is -0.290. The third-order valence-electron chi connectivity index (χ3n) is 3.82. The van der Waals surface area contributed by atoms with E-state index in [0.717, 1.165) is 19.4 Å². The van der Waals surface area contributed by atoms with Gasteiger partial charge in [-0.05, 0) is 38.5 Å². The maximum atomic E-state index is 12.5. The summed E-state index contributed by atoms with van der Waals surface area (Å²) in [5.74, 6) is -1.08. The van der Waals surface area contributed by atoms with E-state index in [2.05, 4.69) is 5.32 Å². The van der Waals surface area contributed by atoms with Crippen LogP contribution in [0.5, 0.6) is 0 Å². The van der Waals surface area contributed by atoms with Crippen LogP contribution in [0.4, 0.5) is 13.2 Å². The Morgan fingerprint density at radius 3 is 2.18 bits per heavy atom. The topological polar surface area (TPSA) is 21.3 Å². The van der Waals surface area contributed by atoms with Crippen molar-refractivity contribution in [2.45, 2.75) is 56.8 Å². The SMILES string of the molecule is FC(F)(F)C1CCC(NC2CCCOC2)CC1. The first-order valence-electron chi connectivity index (χ1n) is 6.46. The smallest absolute Gasteiger partial charge is 0.380 e. The predicted molar refractivity (Wildman–Crippen MR) is 58.8 cm³/mol. The molecule has 1 unspecified atom stereocenters. The molecule has 0 radical (unpaired) electrons. The second-order valence-corrected chi connectivity index (χ2v) is 5.17. The summed E-state index contributed by atoms with van der Waals surface area (Å²) in [5, 5.41) is 3.44. The minimum atomic E-state index is -4.00. The number of halogens is 3. The van der Waals surface area contributed by atoms with Gasteiger partial charge < -0.3 is 10.1 Å². The Balaban J connectivity index is 1.71. The van der Waals surface area contributed by atoms with Gasteiger partial charge in [0, 0.05) is 18.7 Å². The minimum Gasteiger partial charge on any atom is -0.380 e. The van der Waals surface area contributed by atoms with Gasteiger partial charge in [-0.15, -0.1) is 0 Å². The molecule has 1 N–H and O–H groups in total. The lowest BCUT2D eigenvalue weighted by Crippen LogP contribution is -2.45. The number of alkyl halides is 3. The van der Waals surface area contributed by atoms with E-state index in [1.165, 1.54) is 0 Å². The third kappa shape index (κ3) is 3.85. The van der Waals surface area contributed by atoms with Crippen LogP contribution in [0.2, 0.25) is 0 Å². The normalized spacial score (nSPS) is 35.8. The molecule has 1 heterocycles. The molecular formula is C12H20F3NO. The summed E-state index contributed by atoms with van der Waals surface area (Å²) in [6.45, 7) is 1.53. The first kappa shape index (κ1) is 13.1. The highest BCUT2D eigenvalue weighted by Crippen LogP contribution is 2.37. The molecule has 0 aromatic heterocycles. The van der Waals surface area contributed by atoms with Crippen molar-refractivity contribution >= 4 is 0 Å². The molecule has 1 atom stereocenters. The molecule has 1 aliphatic heterocycles. The van der Waals surface area contributed by atoms with E-state index in [4.69, 9.17) is 4.74 Å². The van der Waals surface area contributed by atoms with E-state index in [0.29, 0.717) is 25.5 Å². The summed E-state index contributed by atoms with van der Waals surface area (Å²) in [6, 6.07) is 0.594. The van der Waals surface area contributed by atoms with E-state index >= 15 is 0 Å². The van der Waals surface area contributed by atoms with Gasteiger partial charge in [0.25, 0.3) is 0 Å². The zero-order chi connectivity index (χ0) is 12.3. The third-order valence-corrected chi connectivity index (χ3v) is 3.82. The first-order chi connectivity index (χ1) is 8.05. The molecule has 1 saturated carbocycles. The zero-order valence-corrected chi connectivity index (χ0v) is 9.93. The Morgan fingerprint density at radius 1 is 0.941 bits per heavy atom. The number of hydrogen-bond acceptors (Lipinski definition) is 2. The van der Waals surface area contributed by atoms with Gasteiger partial charge in [0.05, 0.1) is 12.5 Å². The monoisotopic (exact) mass is 251 g/mol. The first-order valence-corrected chi connectivity index (χ1v) is 6.46. The summed E-state index contributed by atoms with van der Waals surface area (Å²) in [7, 11) is 0. The molecule has 100 valence electrons. The van der Waals surface area contributed by atoms with E-state index in [-0.39, 0.29) is 18.9 Å². The van der Waals surface area contributed by atoms with E-state index < -0.39 is 12.1 Å². The Kier molecular flexibility index (Phi) is 4.31. The molecule has 5 heteroatoms. The van der Waals surface area contributed by atoms with Crippen molar-refractivity contribution in [1.82, 2.24) is 5.32 Å². The minimum absolute atomic E-state index is 0.250. The van der Waals surface area contributed by atoms with Gasteiger partial charge in [-0.3, -0.25) is 0 Å². The van der Waals surface area contributed by atoms with Crippen molar-refractivity contribution in [2.75, 3.05) is 13.2 Å². The van der Waals surface area contributed by atoms with Crippen LogP contribution in [0.3, 0.4) is 0 Å². The predicted octanol–water partition coefficient (Wildman–Crippen LogP) is 2.88. The fourth-order valence-corrected chi connectivity index (χ4v) is 2.79. The van der Waals surface area contributed by atoms with Crippen molar-refractivity contribution in [3.63, 3.8) is 0 Å². The molecular weight excluding hydrogens is 231 g/mol. The van der Waals surface area contributed by atoms with Crippen LogP contribution >= 0.6 is 0 Å². The maximum Gasteiger partial charge on any atom is 0.391 e. The highest BCUT2D eigenvalue weighted by Gasteiger charge is 2.41. The van der Waals surface area contributed by atoms with E-state index in [9.17, 15) is 13.2 Å². The van der Waals surface area contributed by atoms with Crippen LogP contribution in [0.25, 0.3) is 0 Å². The molecule has 0 bridgehead atoms. The lowest BCUT2D eigenvalue weighted by atomic mass is 9.85. The van der Waals surface area contributed by atoms with Gasteiger partial charge in [0.1, 0.15) is 0 Å². The molecule has 0 amide bonds. The fourth-order valence-electron chi connectivity index (χ4n) is 2.79. The average molecular weight is 251 g/mol. The zero-order valence-electron chi connectivity index (χ0n) is 9.93. The maximum absolute atomic E-state index is 12.5. The van der Waals surface area contributed by atoms with Crippen molar-refractivity contribution in [1.29, 1.82) is 0 Å². The lowest BCUT2D eigenvalue weighted by molar-refractivity contribution is -0.182. The average Bonchev–Trinajstić information content (AvgIpc) is 2.30. The molecule has 2 nitrogen and oxygen atoms in total. The molecule has 0 spiro atoms. The fraction of sp³-hybridized carbons (Fsp3) is 1.00. The molecule has 1 aliphatic carbocycles. The highest BCUT2D eigenvalue weighted by atomic mass is 19.4. The molecule has 17 heavy (non-hydrogen) atoms. The van der Waals surface area contributed by atoms with Crippen LogP contribution in [-0.2, 0) is 4.74 Å². The summed E-state index contributed by atoms with van der Waals surface area (Å²) < 4.78 is 42.8. The Labute approximate surface area is 99.9 Å². The van der Waals surface area contributed by atoms with Crippen LogP contribution in [0, 0.1) is 5.92 Å². The number of ether oxygens (including phenoxy) is 1. The molecule has 2 aliphatic rings. The largest absolute Gasteiger partial charge is 0.391 e. The Morgan fingerprint density at radius 2 is 1.65 bits per heavy atom. The molecule has 2 rings (SSSR count). The molecule has 2 fully saturated rings. The van der Waals surface area contributed by atoms with Crippen LogP contribution < -0.4 is 5.32 Å². The van der Waals surface area contributed by atoms with Crippen molar-refractivity contribution < 1.29 is 17.9 Å². The number of rotatable bonds is 2. The van der Waals surface area contributed by atoms with Gasteiger partial charge in [-0.25, -0.2) is 0 Å². The summed E-state index contributed by atoms with van der Waals surface area (Å²) in [6.07, 6.45) is -0.0431. The van der Waals surface area contributed by atoms with Crippen molar-refractivity contribution in [2.24, 2.45) is 5.92 Å². The van der Waals surface area contributed by atoms with Crippen LogP contribution in [-0.4, -0.2) is 31.5 Å². The second-order valence-electron chi connectivity index (χ2n) is 5.17. The molecule has 1 saturated heterocycles. The summed E-state index contributed by atoms with van der Waals surface area (Å²) in [5.41, 5.74) is 0. The molecule has 0 aromatic carbocycles.